The summed E-state index contributed by atoms with van der Waals surface area (Å²) >= 11 is 1.22. The molecule has 0 fully saturated rings. The Balaban J connectivity index is 1.96. The van der Waals surface area contributed by atoms with E-state index < -0.39 is 10.0 Å². The van der Waals surface area contributed by atoms with Gasteiger partial charge in [0.05, 0.1) is 5.52 Å². The molecule has 1 N–H and O–H groups in total. The molecular weight excluding hydrogens is 332 g/mol. The maximum absolute atomic E-state index is 12.8. The van der Waals surface area contributed by atoms with Gasteiger partial charge in [-0.15, -0.1) is 11.3 Å². The Hall–Kier alpha value is -1.83. The van der Waals surface area contributed by atoms with Crippen molar-refractivity contribution in [2.24, 2.45) is 0 Å². The lowest BCUT2D eigenvalue weighted by atomic mass is 10.0. The van der Waals surface area contributed by atoms with Crippen LogP contribution >= 0.6 is 11.3 Å². The van der Waals surface area contributed by atoms with Crippen molar-refractivity contribution in [2.45, 2.75) is 17.2 Å². The first-order valence-corrected chi connectivity index (χ1v) is 9.70. The van der Waals surface area contributed by atoms with E-state index in [2.05, 4.69) is 12.2 Å². The molecule has 1 aliphatic heterocycles. The Bertz CT molecular complexity index is 959. The van der Waals surface area contributed by atoms with Crippen molar-refractivity contribution in [2.75, 3.05) is 13.2 Å². The lowest BCUT2D eigenvalue weighted by Crippen LogP contribution is -2.20. The summed E-state index contributed by atoms with van der Waals surface area (Å²) in [6.07, 6.45) is 1.62. The lowest BCUT2D eigenvalue weighted by Gasteiger charge is -2.14. The second-order valence-corrected chi connectivity index (χ2v) is 8.47. The smallest absolute Gasteiger partial charge is 0.277 e. The average Bonchev–Trinajstić information content (AvgIpc) is 3.17. The SMILES string of the molecule is CC1NCCOc2ccc3c(ccn3S(=O)(=O)c3cccs3)c21. The van der Waals surface area contributed by atoms with E-state index in [9.17, 15) is 8.42 Å². The van der Waals surface area contributed by atoms with Gasteiger partial charge in [0.15, 0.2) is 0 Å². The molecule has 1 unspecified atom stereocenters. The number of hydrogen-bond acceptors (Lipinski definition) is 5. The van der Waals surface area contributed by atoms with Crippen LogP contribution in [0.3, 0.4) is 0 Å². The lowest BCUT2D eigenvalue weighted by molar-refractivity contribution is 0.325. The molecule has 0 spiro atoms. The molecule has 7 heteroatoms. The number of aromatic nitrogens is 1. The van der Waals surface area contributed by atoms with E-state index in [0.29, 0.717) is 16.3 Å². The van der Waals surface area contributed by atoms with Crippen LogP contribution in [-0.2, 0) is 10.0 Å². The minimum Gasteiger partial charge on any atom is -0.492 e. The highest BCUT2D eigenvalue weighted by Crippen LogP contribution is 2.36. The number of fused-ring (bicyclic) bond motifs is 3. The standard InChI is InChI=1S/C16H16N2O3S2/c1-11-16-12-6-8-18(23(19,20)15-3-2-10-22-15)13(12)4-5-14(16)21-9-7-17-11/h2-6,8,10-11,17H,7,9H2,1H3. The first-order valence-electron chi connectivity index (χ1n) is 7.38. The van der Waals surface area contributed by atoms with Crippen molar-refractivity contribution < 1.29 is 13.2 Å². The third kappa shape index (κ3) is 2.27. The van der Waals surface area contributed by atoms with Crippen molar-refractivity contribution in [3.05, 3.63) is 47.5 Å². The number of thiophene rings is 1. The molecule has 0 radical (unpaired) electrons. The topological polar surface area (TPSA) is 60.3 Å². The fraction of sp³-hybridized carbons (Fsp3) is 0.250. The van der Waals surface area contributed by atoms with Crippen molar-refractivity contribution in [1.29, 1.82) is 0 Å². The minimum absolute atomic E-state index is 0.108. The zero-order valence-corrected chi connectivity index (χ0v) is 14.2. The number of rotatable bonds is 2. The van der Waals surface area contributed by atoms with Crippen molar-refractivity contribution >= 4 is 32.3 Å². The van der Waals surface area contributed by atoms with Crippen molar-refractivity contribution in [3.63, 3.8) is 0 Å². The average molecular weight is 348 g/mol. The predicted octanol–water partition coefficient (Wildman–Crippen LogP) is 2.98. The zero-order chi connectivity index (χ0) is 16.0. The summed E-state index contributed by atoms with van der Waals surface area (Å²) in [5.74, 6) is 0.821. The van der Waals surface area contributed by atoms with Gasteiger partial charge in [0, 0.05) is 29.7 Å². The highest BCUT2D eigenvalue weighted by atomic mass is 32.2. The number of nitrogens with zero attached hydrogens (tertiary/aromatic N) is 1. The highest BCUT2D eigenvalue weighted by Gasteiger charge is 2.24. The molecule has 3 aromatic rings. The van der Waals surface area contributed by atoms with Gasteiger partial charge in [0.25, 0.3) is 10.0 Å². The van der Waals surface area contributed by atoms with E-state index >= 15 is 0 Å². The summed E-state index contributed by atoms with van der Waals surface area (Å²) < 4.78 is 33.1. The Morgan fingerprint density at radius 1 is 1.30 bits per heavy atom. The van der Waals surface area contributed by atoms with Crippen LogP contribution in [0.4, 0.5) is 0 Å². The van der Waals surface area contributed by atoms with Gasteiger partial charge in [0.2, 0.25) is 0 Å². The summed E-state index contributed by atoms with van der Waals surface area (Å²) in [4.78, 5) is 0. The molecule has 0 aliphatic carbocycles. The molecule has 3 heterocycles. The van der Waals surface area contributed by atoms with Gasteiger partial charge in [-0.2, -0.15) is 8.42 Å². The molecule has 0 saturated carbocycles. The van der Waals surface area contributed by atoms with Gasteiger partial charge >= 0.3 is 0 Å². The second kappa shape index (κ2) is 5.36. The van der Waals surface area contributed by atoms with Crippen LogP contribution in [0.1, 0.15) is 18.5 Å². The van der Waals surface area contributed by atoms with Gasteiger partial charge in [-0.25, -0.2) is 3.97 Å². The molecule has 2 aromatic heterocycles. The van der Waals surface area contributed by atoms with E-state index in [-0.39, 0.29) is 6.04 Å². The molecule has 4 rings (SSSR count). The van der Waals surface area contributed by atoms with E-state index in [1.54, 1.807) is 23.7 Å². The predicted molar refractivity (Wildman–Crippen MR) is 90.8 cm³/mol. The molecular formula is C16H16N2O3S2. The fourth-order valence-corrected chi connectivity index (χ4v) is 5.45. The zero-order valence-electron chi connectivity index (χ0n) is 12.5. The second-order valence-electron chi connectivity index (χ2n) is 5.48. The monoisotopic (exact) mass is 348 g/mol. The number of benzene rings is 1. The molecule has 1 aromatic carbocycles. The summed E-state index contributed by atoms with van der Waals surface area (Å²) in [6, 6.07) is 9.01. The van der Waals surface area contributed by atoms with Crippen molar-refractivity contribution in [1.82, 2.24) is 9.29 Å². The highest BCUT2D eigenvalue weighted by molar-refractivity contribution is 7.92. The summed E-state index contributed by atoms with van der Waals surface area (Å²) in [5, 5.41) is 6.06. The van der Waals surface area contributed by atoms with Crippen molar-refractivity contribution in [3.8, 4) is 5.75 Å². The molecule has 23 heavy (non-hydrogen) atoms. The van der Waals surface area contributed by atoms with Gasteiger partial charge in [-0.1, -0.05) is 6.07 Å². The van der Waals surface area contributed by atoms with Gasteiger partial charge in [-0.05, 0) is 36.6 Å². The van der Waals surface area contributed by atoms with Crippen LogP contribution < -0.4 is 10.1 Å². The van der Waals surface area contributed by atoms with E-state index in [1.807, 2.05) is 18.2 Å². The third-order valence-corrected chi connectivity index (χ3v) is 7.15. The van der Waals surface area contributed by atoms with Crippen LogP contribution in [0, 0.1) is 0 Å². The Labute approximate surface area is 138 Å². The molecule has 1 atom stereocenters. The quantitative estimate of drug-likeness (QED) is 0.773. The molecule has 120 valence electrons. The molecule has 5 nitrogen and oxygen atoms in total. The maximum Gasteiger partial charge on any atom is 0.277 e. The maximum atomic E-state index is 12.8. The van der Waals surface area contributed by atoms with Crippen LogP contribution in [-0.4, -0.2) is 25.5 Å². The minimum atomic E-state index is -3.56. The molecule has 0 bridgehead atoms. The van der Waals surface area contributed by atoms with E-state index in [1.165, 1.54) is 15.3 Å². The number of hydrogen-bond donors (Lipinski definition) is 1. The van der Waals surface area contributed by atoms with Gasteiger partial charge in [-0.3, -0.25) is 0 Å². The molecule has 1 aliphatic rings. The van der Waals surface area contributed by atoms with E-state index in [4.69, 9.17) is 4.74 Å². The van der Waals surface area contributed by atoms with Gasteiger partial charge < -0.3 is 10.1 Å². The Morgan fingerprint density at radius 3 is 2.96 bits per heavy atom. The molecule has 0 amide bonds. The molecule has 0 saturated heterocycles. The number of ether oxygens (including phenoxy) is 1. The summed E-state index contributed by atoms with van der Waals surface area (Å²) in [5.41, 5.74) is 1.69. The van der Waals surface area contributed by atoms with Crippen LogP contribution in [0.25, 0.3) is 10.9 Å². The first kappa shape index (κ1) is 14.7. The van der Waals surface area contributed by atoms with Crippen LogP contribution in [0.15, 0.2) is 46.1 Å². The summed E-state index contributed by atoms with van der Waals surface area (Å²) in [7, 11) is -3.56. The Morgan fingerprint density at radius 2 is 2.17 bits per heavy atom. The number of nitrogens with one attached hydrogen (secondary N) is 1. The third-order valence-electron chi connectivity index (χ3n) is 4.09. The van der Waals surface area contributed by atoms with E-state index in [0.717, 1.165) is 23.2 Å². The van der Waals surface area contributed by atoms with Gasteiger partial charge in [0.1, 0.15) is 16.6 Å². The summed E-state index contributed by atoms with van der Waals surface area (Å²) in [6.45, 7) is 3.45. The normalized spacial score (nSPS) is 18.4. The first-order chi connectivity index (χ1) is 11.1. The Kier molecular flexibility index (Phi) is 3.44. The largest absolute Gasteiger partial charge is 0.492 e. The van der Waals surface area contributed by atoms with Crippen LogP contribution in [0.2, 0.25) is 0 Å². The fourth-order valence-electron chi connectivity index (χ4n) is 3.02. The van der Waals surface area contributed by atoms with Crippen LogP contribution in [0.5, 0.6) is 5.75 Å².